The number of nitrogens with zero attached hydrogens (tertiary/aromatic N) is 1. The van der Waals surface area contributed by atoms with Crippen LogP contribution in [-0.2, 0) is 6.42 Å². The van der Waals surface area contributed by atoms with E-state index in [4.69, 9.17) is 18.0 Å². The maximum atomic E-state index is 11.4. The van der Waals surface area contributed by atoms with E-state index in [0.29, 0.717) is 12.4 Å². The van der Waals surface area contributed by atoms with Crippen LogP contribution >= 0.6 is 11.6 Å². The number of hydrogen-bond acceptors (Lipinski definition) is 3. The second kappa shape index (κ2) is 6.78. The summed E-state index contributed by atoms with van der Waals surface area (Å²) in [5, 5.41) is 3.19. The van der Waals surface area contributed by atoms with Gasteiger partial charge in [0.05, 0.1) is 6.20 Å². The lowest BCUT2D eigenvalue weighted by molar-refractivity contribution is 0.727. The number of aromatic nitrogens is 2. The highest BCUT2D eigenvalue weighted by atomic mass is 35.5. The summed E-state index contributed by atoms with van der Waals surface area (Å²) in [6, 6.07) is 9.97. The molecule has 0 bridgehead atoms. The molecule has 1 unspecified atom stereocenters. The number of terminal acetylenes is 1. The third kappa shape index (κ3) is 3.87. The number of benzene rings is 1. The van der Waals surface area contributed by atoms with Crippen molar-refractivity contribution < 1.29 is 0 Å². The normalized spacial score (nSPS) is 11.6. The van der Waals surface area contributed by atoms with Gasteiger partial charge in [0.25, 0.3) is 5.56 Å². The van der Waals surface area contributed by atoms with Gasteiger partial charge in [-0.3, -0.25) is 9.78 Å². The predicted octanol–water partition coefficient (Wildman–Crippen LogP) is 2.47. The van der Waals surface area contributed by atoms with Crippen LogP contribution in [-0.4, -0.2) is 16.0 Å². The van der Waals surface area contributed by atoms with Crippen LogP contribution in [0.25, 0.3) is 0 Å². The fraction of sp³-hybridized carbons (Fsp3) is 0.200. The summed E-state index contributed by atoms with van der Waals surface area (Å²) in [5.74, 6) is 3.00. The van der Waals surface area contributed by atoms with Gasteiger partial charge >= 0.3 is 0 Å². The quantitative estimate of drug-likeness (QED) is 0.831. The second-order valence-electron chi connectivity index (χ2n) is 4.35. The van der Waals surface area contributed by atoms with Crippen LogP contribution in [0.5, 0.6) is 0 Å². The van der Waals surface area contributed by atoms with Crippen molar-refractivity contribution in [3.05, 3.63) is 57.5 Å². The highest BCUT2D eigenvalue weighted by Gasteiger charge is 2.10. The minimum absolute atomic E-state index is 0.00766. The van der Waals surface area contributed by atoms with Crippen molar-refractivity contribution >= 4 is 17.5 Å². The molecule has 1 aromatic carbocycles. The molecule has 102 valence electrons. The van der Waals surface area contributed by atoms with Crippen LogP contribution in [0, 0.1) is 12.3 Å². The standard InChI is InChI=1S/C15H14ClN3O/c1-2-6-12(9-11-7-4-3-5-8-11)18-15-17-10-13(16)14(20)19-15/h1,3-5,7-8,10,12H,6,9H2,(H2,17,18,19,20). The Labute approximate surface area is 122 Å². The number of anilines is 1. The number of nitrogens with one attached hydrogen (secondary N) is 2. The highest BCUT2D eigenvalue weighted by Crippen LogP contribution is 2.10. The van der Waals surface area contributed by atoms with Gasteiger partial charge in [0.2, 0.25) is 5.95 Å². The molecule has 0 fully saturated rings. The minimum Gasteiger partial charge on any atom is -0.352 e. The van der Waals surface area contributed by atoms with E-state index in [1.807, 2.05) is 30.3 Å². The van der Waals surface area contributed by atoms with Crippen LogP contribution in [0.1, 0.15) is 12.0 Å². The summed E-state index contributed by atoms with van der Waals surface area (Å²) >= 11 is 5.64. The number of halogens is 1. The molecule has 1 atom stereocenters. The fourth-order valence-electron chi connectivity index (χ4n) is 1.86. The first kappa shape index (κ1) is 14.2. The molecule has 2 rings (SSSR count). The van der Waals surface area contributed by atoms with Gasteiger partial charge in [-0.2, -0.15) is 0 Å². The van der Waals surface area contributed by atoms with E-state index < -0.39 is 0 Å². The Morgan fingerprint density at radius 3 is 2.80 bits per heavy atom. The SMILES string of the molecule is C#CCC(Cc1ccccc1)Nc1ncc(Cl)c(=O)[nH]1. The Bertz CT molecular complexity index is 661. The topological polar surface area (TPSA) is 57.8 Å². The van der Waals surface area contributed by atoms with Crippen molar-refractivity contribution in [3.63, 3.8) is 0 Å². The van der Waals surface area contributed by atoms with Crippen LogP contribution in [0.2, 0.25) is 5.02 Å². The molecule has 0 amide bonds. The molecule has 2 aromatic rings. The molecule has 20 heavy (non-hydrogen) atoms. The van der Waals surface area contributed by atoms with Gasteiger partial charge in [-0.05, 0) is 12.0 Å². The van der Waals surface area contributed by atoms with Crippen molar-refractivity contribution in [1.29, 1.82) is 0 Å². The lowest BCUT2D eigenvalue weighted by Gasteiger charge is -2.16. The summed E-state index contributed by atoms with van der Waals surface area (Å²) in [6.45, 7) is 0. The number of hydrogen-bond donors (Lipinski definition) is 2. The third-order valence-corrected chi connectivity index (χ3v) is 3.06. The summed E-state index contributed by atoms with van der Waals surface area (Å²) < 4.78 is 0. The zero-order valence-corrected chi connectivity index (χ0v) is 11.5. The number of H-pyrrole nitrogens is 1. The first-order valence-electron chi connectivity index (χ1n) is 6.18. The molecule has 5 heteroatoms. The molecular weight excluding hydrogens is 274 g/mol. The average molecular weight is 288 g/mol. The van der Waals surface area contributed by atoms with Crippen LogP contribution in [0.4, 0.5) is 5.95 Å². The Morgan fingerprint density at radius 1 is 1.40 bits per heavy atom. The largest absolute Gasteiger partial charge is 0.352 e. The van der Waals surface area contributed by atoms with E-state index >= 15 is 0 Å². The summed E-state index contributed by atoms with van der Waals surface area (Å²) in [6.07, 6.45) is 7.98. The maximum absolute atomic E-state index is 11.4. The second-order valence-corrected chi connectivity index (χ2v) is 4.76. The van der Waals surface area contributed by atoms with Gasteiger partial charge in [0.15, 0.2) is 0 Å². The van der Waals surface area contributed by atoms with Gasteiger partial charge in [0, 0.05) is 12.5 Å². The third-order valence-electron chi connectivity index (χ3n) is 2.79. The molecule has 4 nitrogen and oxygen atoms in total. The van der Waals surface area contributed by atoms with Crippen LogP contribution in [0.15, 0.2) is 41.3 Å². The van der Waals surface area contributed by atoms with Crippen molar-refractivity contribution in [2.45, 2.75) is 18.9 Å². The van der Waals surface area contributed by atoms with E-state index in [2.05, 4.69) is 21.2 Å². The van der Waals surface area contributed by atoms with E-state index in [1.54, 1.807) is 0 Å². The summed E-state index contributed by atoms with van der Waals surface area (Å²) in [5.41, 5.74) is 0.792. The highest BCUT2D eigenvalue weighted by molar-refractivity contribution is 6.30. The van der Waals surface area contributed by atoms with Gasteiger partial charge in [-0.25, -0.2) is 4.98 Å². The van der Waals surface area contributed by atoms with Crippen LogP contribution < -0.4 is 10.9 Å². The molecule has 1 heterocycles. The van der Waals surface area contributed by atoms with Gasteiger partial charge in [0.1, 0.15) is 5.02 Å². The van der Waals surface area contributed by atoms with Crippen molar-refractivity contribution in [2.24, 2.45) is 0 Å². The van der Waals surface area contributed by atoms with E-state index in [1.165, 1.54) is 6.20 Å². The van der Waals surface area contributed by atoms with Gasteiger partial charge in [-0.15, -0.1) is 12.3 Å². The van der Waals surface area contributed by atoms with Gasteiger partial charge in [-0.1, -0.05) is 41.9 Å². The van der Waals surface area contributed by atoms with Crippen LogP contribution in [0.3, 0.4) is 0 Å². The van der Waals surface area contributed by atoms with E-state index in [0.717, 1.165) is 12.0 Å². The van der Waals surface area contributed by atoms with Crippen molar-refractivity contribution in [1.82, 2.24) is 9.97 Å². The first-order chi connectivity index (χ1) is 9.69. The molecular formula is C15H14ClN3O. The molecule has 0 aliphatic rings. The Hall–Kier alpha value is -2.25. The lowest BCUT2D eigenvalue weighted by Crippen LogP contribution is -2.25. The van der Waals surface area contributed by atoms with Crippen molar-refractivity contribution in [3.8, 4) is 12.3 Å². The maximum Gasteiger partial charge on any atom is 0.271 e. The zero-order valence-electron chi connectivity index (χ0n) is 10.8. The first-order valence-corrected chi connectivity index (χ1v) is 6.55. The molecule has 0 saturated carbocycles. The van der Waals surface area contributed by atoms with Gasteiger partial charge < -0.3 is 5.32 Å². The molecule has 0 spiro atoms. The average Bonchev–Trinajstić information content (AvgIpc) is 2.44. The van der Waals surface area contributed by atoms with E-state index in [-0.39, 0.29) is 16.6 Å². The summed E-state index contributed by atoms with van der Waals surface area (Å²) in [7, 11) is 0. The smallest absolute Gasteiger partial charge is 0.271 e. The molecule has 2 N–H and O–H groups in total. The molecule has 0 aliphatic heterocycles. The molecule has 1 aromatic heterocycles. The number of aromatic amines is 1. The monoisotopic (exact) mass is 287 g/mol. The minimum atomic E-state index is -0.372. The number of rotatable bonds is 5. The molecule has 0 saturated heterocycles. The fourth-order valence-corrected chi connectivity index (χ4v) is 1.96. The zero-order chi connectivity index (χ0) is 14.4. The Morgan fingerprint density at radius 2 is 2.15 bits per heavy atom. The Balaban J connectivity index is 2.11. The van der Waals surface area contributed by atoms with E-state index in [9.17, 15) is 4.79 Å². The summed E-state index contributed by atoms with van der Waals surface area (Å²) in [4.78, 5) is 18.0. The predicted molar refractivity (Wildman–Crippen MR) is 80.9 cm³/mol. The molecule has 0 aliphatic carbocycles. The van der Waals surface area contributed by atoms with Crippen molar-refractivity contribution in [2.75, 3.05) is 5.32 Å². The Kier molecular flexibility index (Phi) is 4.80. The lowest BCUT2D eigenvalue weighted by atomic mass is 10.0. The molecule has 0 radical (unpaired) electrons.